The normalized spacial score (nSPS) is 14.1. The fourth-order valence-corrected chi connectivity index (χ4v) is 1.46. The fourth-order valence-electron chi connectivity index (χ4n) is 1.46. The molecule has 0 unspecified atom stereocenters. The third kappa shape index (κ3) is 7.16. The maximum Gasteiger partial charge on any atom is 0.308 e. The highest BCUT2D eigenvalue weighted by Crippen LogP contribution is 2.14. The second-order valence-corrected chi connectivity index (χ2v) is 6.13. The SMILES string of the molecule is CC(=O)C(C)=N[C@@H](CC(=O)OC(C)(C)C)C(=O)C(C)C. The van der Waals surface area contributed by atoms with Gasteiger partial charge in [0.15, 0.2) is 11.6 Å². The van der Waals surface area contributed by atoms with Crippen LogP contribution in [0.4, 0.5) is 0 Å². The monoisotopic (exact) mass is 283 g/mol. The summed E-state index contributed by atoms with van der Waals surface area (Å²) in [5, 5.41) is 0. The van der Waals surface area contributed by atoms with E-state index in [0.717, 1.165) is 0 Å². The first-order valence-corrected chi connectivity index (χ1v) is 6.75. The summed E-state index contributed by atoms with van der Waals surface area (Å²) >= 11 is 0. The number of hydrogen-bond acceptors (Lipinski definition) is 5. The maximum absolute atomic E-state index is 12.1. The molecule has 0 aliphatic carbocycles. The van der Waals surface area contributed by atoms with Crippen molar-refractivity contribution < 1.29 is 19.1 Å². The van der Waals surface area contributed by atoms with Gasteiger partial charge in [0.1, 0.15) is 11.6 Å². The Morgan fingerprint density at radius 3 is 1.95 bits per heavy atom. The average Bonchev–Trinajstić information content (AvgIpc) is 2.23. The molecule has 0 N–H and O–H groups in total. The molecule has 0 fully saturated rings. The van der Waals surface area contributed by atoms with E-state index in [1.54, 1.807) is 34.6 Å². The van der Waals surface area contributed by atoms with Gasteiger partial charge >= 0.3 is 5.97 Å². The summed E-state index contributed by atoms with van der Waals surface area (Å²) in [6, 6.07) is -0.853. The Labute approximate surface area is 120 Å². The molecule has 0 heterocycles. The molecule has 0 aromatic rings. The summed E-state index contributed by atoms with van der Waals surface area (Å²) in [6.45, 7) is 11.7. The maximum atomic E-state index is 12.1. The van der Waals surface area contributed by atoms with Crippen LogP contribution in [-0.4, -0.2) is 34.9 Å². The standard InChI is InChI=1S/C15H25NO4/c1-9(2)14(19)12(16-10(3)11(4)17)8-13(18)20-15(5,6)7/h9,12H,8H2,1-7H3/t12-/m0/s1. The Hall–Kier alpha value is -1.52. The van der Waals surface area contributed by atoms with Gasteiger partial charge in [-0.05, 0) is 27.7 Å². The van der Waals surface area contributed by atoms with Crippen LogP contribution in [0.1, 0.15) is 54.9 Å². The minimum absolute atomic E-state index is 0.140. The van der Waals surface area contributed by atoms with Crippen LogP contribution in [0.2, 0.25) is 0 Å². The molecule has 0 aliphatic heterocycles. The number of ether oxygens (including phenoxy) is 1. The van der Waals surface area contributed by atoms with E-state index in [2.05, 4.69) is 4.99 Å². The van der Waals surface area contributed by atoms with Crippen molar-refractivity contribution in [3.63, 3.8) is 0 Å². The van der Waals surface area contributed by atoms with Crippen LogP contribution in [0.5, 0.6) is 0 Å². The molecule has 0 aliphatic rings. The number of aliphatic imine (C=N–C) groups is 1. The zero-order valence-corrected chi connectivity index (χ0v) is 13.4. The first-order chi connectivity index (χ1) is 8.94. The summed E-state index contributed by atoms with van der Waals surface area (Å²) in [5.41, 5.74) is -0.366. The van der Waals surface area contributed by atoms with E-state index in [0.29, 0.717) is 0 Å². The topological polar surface area (TPSA) is 72.8 Å². The highest BCUT2D eigenvalue weighted by atomic mass is 16.6. The van der Waals surface area contributed by atoms with Gasteiger partial charge in [0.25, 0.3) is 0 Å². The molecule has 0 amide bonds. The minimum Gasteiger partial charge on any atom is -0.460 e. The Balaban J connectivity index is 5.07. The molecule has 0 aromatic heterocycles. The van der Waals surface area contributed by atoms with Crippen molar-refractivity contribution in [3.8, 4) is 0 Å². The van der Waals surface area contributed by atoms with Crippen molar-refractivity contribution in [2.24, 2.45) is 10.9 Å². The lowest BCUT2D eigenvalue weighted by Gasteiger charge is -2.21. The molecule has 114 valence electrons. The lowest BCUT2D eigenvalue weighted by Crippen LogP contribution is -2.32. The molecule has 0 bridgehead atoms. The average molecular weight is 283 g/mol. The van der Waals surface area contributed by atoms with Crippen molar-refractivity contribution in [1.29, 1.82) is 0 Å². The molecule has 0 saturated heterocycles. The fraction of sp³-hybridized carbons (Fsp3) is 0.733. The third-order valence-corrected chi connectivity index (χ3v) is 2.54. The van der Waals surface area contributed by atoms with Crippen molar-refractivity contribution in [2.45, 2.75) is 66.5 Å². The highest BCUT2D eigenvalue weighted by Gasteiger charge is 2.27. The van der Waals surface area contributed by atoms with Crippen molar-refractivity contribution in [1.82, 2.24) is 0 Å². The first kappa shape index (κ1) is 18.5. The molecule has 0 aromatic carbocycles. The van der Waals surface area contributed by atoms with E-state index in [4.69, 9.17) is 4.74 Å². The third-order valence-electron chi connectivity index (χ3n) is 2.54. The number of nitrogens with zero attached hydrogens (tertiary/aromatic N) is 1. The van der Waals surface area contributed by atoms with Gasteiger partial charge in [0.05, 0.1) is 12.1 Å². The van der Waals surface area contributed by atoms with Crippen LogP contribution in [0.3, 0.4) is 0 Å². The van der Waals surface area contributed by atoms with Gasteiger partial charge in [-0.15, -0.1) is 0 Å². The van der Waals surface area contributed by atoms with E-state index in [1.165, 1.54) is 13.8 Å². The summed E-state index contributed by atoms with van der Waals surface area (Å²) in [7, 11) is 0. The Kier molecular flexibility index (Phi) is 6.76. The Bertz CT molecular complexity index is 416. The van der Waals surface area contributed by atoms with E-state index in [1.807, 2.05) is 0 Å². The van der Waals surface area contributed by atoms with Gasteiger partial charge in [0, 0.05) is 12.8 Å². The van der Waals surface area contributed by atoms with Crippen molar-refractivity contribution in [3.05, 3.63) is 0 Å². The molecular formula is C15H25NO4. The number of ketones is 2. The molecule has 1 atom stereocenters. The highest BCUT2D eigenvalue weighted by molar-refractivity contribution is 6.38. The van der Waals surface area contributed by atoms with Gasteiger partial charge in [-0.1, -0.05) is 13.8 Å². The Morgan fingerprint density at radius 1 is 1.10 bits per heavy atom. The summed E-state index contributed by atoms with van der Waals surface area (Å²) < 4.78 is 5.19. The smallest absolute Gasteiger partial charge is 0.308 e. The van der Waals surface area contributed by atoms with E-state index >= 15 is 0 Å². The lowest BCUT2D eigenvalue weighted by atomic mass is 9.99. The van der Waals surface area contributed by atoms with Crippen molar-refractivity contribution >= 4 is 23.2 Å². The summed E-state index contributed by atoms with van der Waals surface area (Å²) in [6.07, 6.45) is -0.140. The predicted octanol–water partition coefficient (Wildman–Crippen LogP) is 2.36. The number of carbonyl (C=O) groups excluding carboxylic acids is 3. The number of hydrogen-bond donors (Lipinski definition) is 0. The predicted molar refractivity (Wildman–Crippen MR) is 77.9 cm³/mol. The van der Waals surface area contributed by atoms with Crippen LogP contribution in [-0.2, 0) is 19.1 Å². The van der Waals surface area contributed by atoms with Crippen LogP contribution in [0.15, 0.2) is 4.99 Å². The lowest BCUT2D eigenvalue weighted by molar-refractivity contribution is -0.156. The van der Waals surface area contributed by atoms with E-state index in [-0.39, 0.29) is 29.6 Å². The van der Waals surface area contributed by atoms with Crippen LogP contribution in [0, 0.1) is 5.92 Å². The van der Waals surface area contributed by atoms with Crippen molar-refractivity contribution in [2.75, 3.05) is 0 Å². The molecule has 0 radical (unpaired) electrons. The second-order valence-electron chi connectivity index (χ2n) is 6.13. The quantitative estimate of drug-likeness (QED) is 0.554. The zero-order valence-electron chi connectivity index (χ0n) is 13.4. The number of esters is 1. The molecular weight excluding hydrogens is 258 g/mol. The summed E-state index contributed by atoms with van der Waals surface area (Å²) in [4.78, 5) is 39.2. The van der Waals surface area contributed by atoms with Crippen LogP contribution < -0.4 is 0 Å². The van der Waals surface area contributed by atoms with Crippen LogP contribution >= 0.6 is 0 Å². The van der Waals surface area contributed by atoms with Gasteiger partial charge in [-0.2, -0.15) is 0 Å². The second kappa shape index (κ2) is 7.31. The molecule has 0 rings (SSSR count). The summed E-state index contributed by atoms with van der Waals surface area (Å²) in [5.74, 6) is -1.13. The minimum atomic E-state index is -0.853. The molecule has 0 spiro atoms. The number of rotatable bonds is 6. The first-order valence-electron chi connectivity index (χ1n) is 6.75. The number of carbonyl (C=O) groups is 3. The van der Waals surface area contributed by atoms with E-state index in [9.17, 15) is 14.4 Å². The molecule has 20 heavy (non-hydrogen) atoms. The molecule has 5 nitrogen and oxygen atoms in total. The largest absolute Gasteiger partial charge is 0.460 e. The number of Topliss-reactive ketones (excluding diaryl/α,β-unsaturated/α-hetero) is 2. The van der Waals surface area contributed by atoms with Gasteiger partial charge in [0.2, 0.25) is 0 Å². The zero-order chi connectivity index (χ0) is 16.1. The van der Waals surface area contributed by atoms with Crippen LogP contribution in [0.25, 0.3) is 0 Å². The molecule has 0 saturated carbocycles. The van der Waals surface area contributed by atoms with Gasteiger partial charge in [-0.25, -0.2) is 0 Å². The Morgan fingerprint density at radius 2 is 1.60 bits per heavy atom. The van der Waals surface area contributed by atoms with Gasteiger partial charge in [-0.3, -0.25) is 19.4 Å². The van der Waals surface area contributed by atoms with Gasteiger partial charge < -0.3 is 4.74 Å². The molecule has 5 heteroatoms. The van der Waals surface area contributed by atoms with E-state index < -0.39 is 17.6 Å².